The zero-order chi connectivity index (χ0) is 11.3. The fourth-order valence-electron chi connectivity index (χ4n) is 1.13. The lowest BCUT2D eigenvalue weighted by Crippen LogP contribution is -2.14. The lowest BCUT2D eigenvalue weighted by atomic mass is 10.2. The number of hydrogen-bond acceptors (Lipinski definition) is 2. The van der Waals surface area contributed by atoms with Gasteiger partial charge in [0.2, 0.25) is 0 Å². The molecule has 1 rings (SSSR count). The molecule has 0 aromatic heterocycles. The average molecular weight is 292 g/mol. The highest BCUT2D eigenvalue weighted by atomic mass is 79.9. The van der Waals surface area contributed by atoms with E-state index < -0.39 is 0 Å². The van der Waals surface area contributed by atoms with Crippen molar-refractivity contribution in [3.05, 3.63) is 34.1 Å². The first kappa shape index (κ1) is 13.0. The predicted octanol–water partition coefficient (Wildman–Crippen LogP) is 3.38. The van der Waals surface area contributed by atoms with E-state index in [0.717, 1.165) is 28.1 Å². The molecular weight excluding hydrogens is 277 g/mol. The second-order valence-electron chi connectivity index (χ2n) is 3.63. The molecule has 84 valence electrons. The zero-order valence-electron chi connectivity index (χ0n) is 8.96. The van der Waals surface area contributed by atoms with Crippen molar-refractivity contribution in [3.8, 4) is 0 Å². The summed E-state index contributed by atoms with van der Waals surface area (Å²) in [6.07, 6.45) is 0. The Labute approximate surface area is 103 Å². The monoisotopic (exact) mass is 291 g/mol. The Morgan fingerprint density at radius 1 is 1.33 bits per heavy atom. The second-order valence-corrected chi connectivity index (χ2v) is 5.65. The van der Waals surface area contributed by atoms with Gasteiger partial charge in [-0.05, 0) is 37.9 Å². The summed E-state index contributed by atoms with van der Waals surface area (Å²) in [6.45, 7) is 1.06. The van der Waals surface area contributed by atoms with E-state index in [0.29, 0.717) is 0 Å². The fraction of sp³-hybridized carbons (Fsp3) is 0.455. The van der Waals surface area contributed by atoms with E-state index >= 15 is 0 Å². The molecule has 0 unspecified atom stereocenters. The molecule has 1 aromatic rings. The van der Waals surface area contributed by atoms with Gasteiger partial charge in [-0.1, -0.05) is 15.9 Å². The van der Waals surface area contributed by atoms with Gasteiger partial charge in [0.15, 0.2) is 0 Å². The minimum Gasteiger partial charge on any atom is -0.309 e. The first-order valence-corrected chi connectivity index (χ1v) is 6.70. The van der Waals surface area contributed by atoms with E-state index in [-0.39, 0.29) is 5.82 Å². The molecule has 0 fully saturated rings. The molecule has 0 aliphatic carbocycles. The molecule has 4 heteroatoms. The summed E-state index contributed by atoms with van der Waals surface area (Å²) in [7, 11) is 4.11. The topological polar surface area (TPSA) is 3.24 Å². The molecule has 0 saturated heterocycles. The van der Waals surface area contributed by atoms with Gasteiger partial charge in [0.25, 0.3) is 0 Å². The van der Waals surface area contributed by atoms with Crippen LogP contribution in [0, 0.1) is 5.82 Å². The van der Waals surface area contributed by atoms with E-state index in [1.54, 1.807) is 6.07 Å². The van der Waals surface area contributed by atoms with E-state index in [4.69, 9.17) is 0 Å². The Bertz CT molecular complexity index is 297. The Hall–Kier alpha value is -0.0600. The lowest BCUT2D eigenvalue weighted by Gasteiger charge is -2.08. The highest BCUT2D eigenvalue weighted by molar-refractivity contribution is 9.10. The van der Waals surface area contributed by atoms with Crippen LogP contribution >= 0.6 is 27.7 Å². The summed E-state index contributed by atoms with van der Waals surface area (Å²) in [5, 5.41) is 0. The van der Waals surface area contributed by atoms with Crippen LogP contribution < -0.4 is 0 Å². The lowest BCUT2D eigenvalue weighted by molar-refractivity contribution is 0.437. The predicted molar refractivity (Wildman–Crippen MR) is 68.8 cm³/mol. The fourth-order valence-corrected chi connectivity index (χ4v) is 2.69. The number of benzene rings is 1. The Morgan fingerprint density at radius 3 is 2.67 bits per heavy atom. The third kappa shape index (κ3) is 5.54. The molecule has 0 radical (unpaired) electrons. The summed E-state index contributed by atoms with van der Waals surface area (Å²) >= 11 is 5.11. The largest absolute Gasteiger partial charge is 0.309 e. The third-order valence-corrected chi connectivity index (χ3v) is 3.34. The number of hydrogen-bond donors (Lipinski definition) is 0. The normalized spacial score (nSPS) is 11.0. The summed E-state index contributed by atoms with van der Waals surface area (Å²) < 4.78 is 13.8. The van der Waals surface area contributed by atoms with Crippen molar-refractivity contribution < 1.29 is 4.39 Å². The SMILES string of the molecule is CN(C)CCSCc1cc(F)cc(Br)c1. The maximum atomic E-state index is 13.0. The van der Waals surface area contributed by atoms with Crippen molar-refractivity contribution in [2.75, 3.05) is 26.4 Å². The molecule has 0 heterocycles. The van der Waals surface area contributed by atoms with Gasteiger partial charge < -0.3 is 4.90 Å². The number of halogens is 2. The molecule has 0 atom stereocenters. The first-order valence-electron chi connectivity index (χ1n) is 4.75. The highest BCUT2D eigenvalue weighted by Gasteiger charge is 1.99. The van der Waals surface area contributed by atoms with Crippen molar-refractivity contribution >= 4 is 27.7 Å². The zero-order valence-corrected chi connectivity index (χ0v) is 11.4. The molecule has 0 spiro atoms. The van der Waals surface area contributed by atoms with Gasteiger partial charge in [-0.25, -0.2) is 4.39 Å². The molecule has 1 nitrogen and oxygen atoms in total. The molecule has 0 saturated carbocycles. The Kier molecular flexibility index (Phi) is 5.64. The van der Waals surface area contributed by atoms with Crippen LogP contribution in [0.3, 0.4) is 0 Å². The molecule has 0 amide bonds. The van der Waals surface area contributed by atoms with Crippen LogP contribution in [0.5, 0.6) is 0 Å². The summed E-state index contributed by atoms with van der Waals surface area (Å²) in [5.41, 5.74) is 1.03. The molecule has 1 aromatic carbocycles. The van der Waals surface area contributed by atoms with E-state index in [9.17, 15) is 4.39 Å². The maximum absolute atomic E-state index is 13.0. The van der Waals surface area contributed by atoms with E-state index in [2.05, 4.69) is 34.9 Å². The highest BCUT2D eigenvalue weighted by Crippen LogP contribution is 2.19. The smallest absolute Gasteiger partial charge is 0.124 e. The summed E-state index contributed by atoms with van der Waals surface area (Å²) in [4.78, 5) is 2.15. The first-order chi connectivity index (χ1) is 7.08. The van der Waals surface area contributed by atoms with Crippen molar-refractivity contribution in [2.45, 2.75) is 5.75 Å². The minimum absolute atomic E-state index is 0.174. The van der Waals surface area contributed by atoms with Gasteiger partial charge in [0.1, 0.15) is 5.82 Å². The van der Waals surface area contributed by atoms with Crippen molar-refractivity contribution in [1.82, 2.24) is 4.90 Å². The van der Waals surface area contributed by atoms with Crippen LogP contribution in [0.2, 0.25) is 0 Å². The second kappa shape index (κ2) is 6.51. The van der Waals surface area contributed by atoms with Gasteiger partial charge in [-0.3, -0.25) is 0 Å². The minimum atomic E-state index is -0.174. The number of rotatable bonds is 5. The summed E-state index contributed by atoms with van der Waals surface area (Å²) in [6, 6.07) is 5.03. The molecule has 0 N–H and O–H groups in total. The van der Waals surface area contributed by atoms with Gasteiger partial charge in [0.05, 0.1) is 0 Å². The Balaban J connectivity index is 2.37. The molecule has 0 aliphatic heterocycles. The van der Waals surface area contributed by atoms with E-state index in [1.165, 1.54) is 6.07 Å². The van der Waals surface area contributed by atoms with Crippen molar-refractivity contribution in [1.29, 1.82) is 0 Å². The van der Waals surface area contributed by atoms with Crippen LogP contribution in [0.1, 0.15) is 5.56 Å². The maximum Gasteiger partial charge on any atom is 0.124 e. The number of thioether (sulfide) groups is 1. The van der Waals surface area contributed by atoms with Crippen molar-refractivity contribution in [2.24, 2.45) is 0 Å². The third-order valence-electron chi connectivity index (χ3n) is 1.87. The van der Waals surface area contributed by atoms with Gasteiger partial charge >= 0.3 is 0 Å². The molecular formula is C11H15BrFNS. The van der Waals surface area contributed by atoms with Gasteiger partial charge in [-0.2, -0.15) is 11.8 Å². The van der Waals surface area contributed by atoms with Crippen molar-refractivity contribution in [3.63, 3.8) is 0 Å². The molecule has 15 heavy (non-hydrogen) atoms. The summed E-state index contributed by atoms with van der Waals surface area (Å²) in [5.74, 6) is 1.76. The van der Waals surface area contributed by atoms with Crippen LogP contribution in [0.25, 0.3) is 0 Å². The van der Waals surface area contributed by atoms with Crippen LogP contribution in [-0.4, -0.2) is 31.3 Å². The van der Waals surface area contributed by atoms with Crippen LogP contribution in [0.4, 0.5) is 4.39 Å². The molecule has 0 bridgehead atoms. The van der Waals surface area contributed by atoms with Crippen LogP contribution in [0.15, 0.2) is 22.7 Å². The number of nitrogens with zero attached hydrogens (tertiary/aromatic N) is 1. The van der Waals surface area contributed by atoms with Gasteiger partial charge in [0, 0.05) is 22.5 Å². The molecule has 0 aliphatic rings. The average Bonchev–Trinajstić information content (AvgIpc) is 2.10. The van der Waals surface area contributed by atoms with Gasteiger partial charge in [-0.15, -0.1) is 0 Å². The Morgan fingerprint density at radius 2 is 2.07 bits per heavy atom. The standard InChI is InChI=1S/C11H15BrFNS/c1-14(2)3-4-15-8-9-5-10(12)7-11(13)6-9/h5-7H,3-4,8H2,1-2H3. The van der Waals surface area contributed by atoms with E-state index in [1.807, 2.05) is 17.8 Å². The van der Waals surface area contributed by atoms with Crippen LogP contribution in [-0.2, 0) is 5.75 Å². The quantitative estimate of drug-likeness (QED) is 0.765.